The van der Waals surface area contributed by atoms with E-state index in [4.69, 9.17) is 16.3 Å². The van der Waals surface area contributed by atoms with Gasteiger partial charge in [0, 0.05) is 19.3 Å². The van der Waals surface area contributed by atoms with E-state index in [0.29, 0.717) is 10.0 Å². The van der Waals surface area contributed by atoms with Crippen molar-refractivity contribution in [3.63, 3.8) is 0 Å². The quantitative estimate of drug-likeness (QED) is 0.870. The molecule has 1 aliphatic carbocycles. The lowest BCUT2D eigenvalue weighted by atomic mass is 9.75. The number of halogens is 1. The van der Waals surface area contributed by atoms with Crippen molar-refractivity contribution < 1.29 is 9.53 Å². The maximum absolute atomic E-state index is 12.1. The Labute approximate surface area is 127 Å². The fourth-order valence-corrected chi connectivity index (χ4v) is 4.27. The summed E-state index contributed by atoms with van der Waals surface area (Å²) < 4.78 is 6.08. The Kier molecular flexibility index (Phi) is 4.19. The van der Waals surface area contributed by atoms with Gasteiger partial charge in [0.25, 0.3) is 0 Å². The fraction of sp³-hybridized carbons (Fsp3) is 0.643. The van der Waals surface area contributed by atoms with Crippen LogP contribution in [0.5, 0.6) is 0 Å². The van der Waals surface area contributed by atoms with E-state index in [2.05, 4.69) is 10.6 Å². The second-order valence-electron chi connectivity index (χ2n) is 5.63. The van der Waals surface area contributed by atoms with Crippen LogP contribution in [0.2, 0.25) is 4.34 Å². The van der Waals surface area contributed by atoms with Crippen molar-refractivity contribution >= 4 is 34.7 Å². The maximum atomic E-state index is 12.1. The number of carbonyl (C=O) groups is 1. The number of rotatable bonds is 2. The van der Waals surface area contributed by atoms with E-state index in [1.807, 2.05) is 11.4 Å². The summed E-state index contributed by atoms with van der Waals surface area (Å²) in [6, 6.07) is 1.93. The van der Waals surface area contributed by atoms with Crippen LogP contribution < -0.4 is 10.6 Å². The van der Waals surface area contributed by atoms with Crippen molar-refractivity contribution in [1.82, 2.24) is 5.32 Å². The molecule has 1 spiro atoms. The summed E-state index contributed by atoms with van der Waals surface area (Å²) in [6.45, 7) is 1.63. The van der Waals surface area contributed by atoms with Crippen LogP contribution >= 0.6 is 22.9 Å². The molecule has 1 unspecified atom stereocenters. The van der Waals surface area contributed by atoms with Crippen LogP contribution in [0.3, 0.4) is 0 Å². The van der Waals surface area contributed by atoms with E-state index in [-0.39, 0.29) is 17.5 Å². The highest BCUT2D eigenvalue weighted by atomic mass is 35.5. The number of nitrogens with one attached hydrogen (secondary N) is 2. The minimum Gasteiger partial charge on any atom is -0.381 e. The predicted octanol–water partition coefficient (Wildman–Crippen LogP) is 3.87. The van der Waals surface area contributed by atoms with Gasteiger partial charge in [0.05, 0.1) is 5.69 Å². The van der Waals surface area contributed by atoms with Crippen molar-refractivity contribution in [3.8, 4) is 0 Å². The maximum Gasteiger partial charge on any atom is 0.319 e. The van der Waals surface area contributed by atoms with Gasteiger partial charge in [0.15, 0.2) is 0 Å². The Balaban J connectivity index is 1.62. The summed E-state index contributed by atoms with van der Waals surface area (Å²) in [5.41, 5.74) is 0.932. The average molecular weight is 315 g/mol. The fourth-order valence-electron chi connectivity index (χ4n) is 3.44. The van der Waals surface area contributed by atoms with Gasteiger partial charge in [-0.05, 0) is 42.5 Å². The zero-order valence-corrected chi connectivity index (χ0v) is 12.9. The van der Waals surface area contributed by atoms with Gasteiger partial charge >= 0.3 is 6.03 Å². The molecule has 2 aliphatic rings. The first-order chi connectivity index (χ1) is 9.70. The molecule has 2 fully saturated rings. The van der Waals surface area contributed by atoms with Gasteiger partial charge in [0.2, 0.25) is 0 Å². The highest BCUT2D eigenvalue weighted by Crippen LogP contribution is 2.46. The van der Waals surface area contributed by atoms with Gasteiger partial charge < -0.3 is 15.4 Å². The van der Waals surface area contributed by atoms with Gasteiger partial charge in [0.1, 0.15) is 4.34 Å². The number of hydrogen-bond acceptors (Lipinski definition) is 3. The predicted molar refractivity (Wildman–Crippen MR) is 81.6 cm³/mol. The van der Waals surface area contributed by atoms with Gasteiger partial charge in [-0.2, -0.15) is 0 Å². The molecule has 1 saturated carbocycles. The normalized spacial score (nSPS) is 24.8. The third-order valence-electron chi connectivity index (χ3n) is 4.57. The van der Waals surface area contributed by atoms with E-state index >= 15 is 0 Å². The molecule has 4 nitrogen and oxygen atoms in total. The average Bonchev–Trinajstić information content (AvgIpc) is 3.00. The van der Waals surface area contributed by atoms with Crippen LogP contribution in [-0.2, 0) is 4.74 Å². The third-order valence-corrected chi connectivity index (χ3v) is 5.74. The molecule has 0 aromatic carbocycles. The first kappa shape index (κ1) is 14.2. The summed E-state index contributed by atoms with van der Waals surface area (Å²) in [6.07, 6.45) is 5.55. The molecule has 2 heterocycles. The van der Waals surface area contributed by atoms with Gasteiger partial charge in [-0.1, -0.05) is 18.0 Å². The van der Waals surface area contributed by atoms with Crippen LogP contribution in [0.25, 0.3) is 0 Å². The van der Waals surface area contributed by atoms with Crippen LogP contribution in [0, 0.1) is 5.41 Å². The van der Waals surface area contributed by atoms with Crippen LogP contribution in [0.15, 0.2) is 11.4 Å². The van der Waals surface area contributed by atoms with E-state index in [1.165, 1.54) is 24.2 Å². The number of thiophene rings is 1. The minimum absolute atomic E-state index is 0.150. The van der Waals surface area contributed by atoms with Crippen LogP contribution in [0.4, 0.5) is 10.5 Å². The number of ether oxygens (including phenoxy) is 1. The minimum atomic E-state index is -0.150. The second kappa shape index (κ2) is 5.92. The molecule has 1 aromatic rings. The summed E-state index contributed by atoms with van der Waals surface area (Å²) in [5, 5.41) is 7.85. The molecule has 1 saturated heterocycles. The van der Waals surface area contributed by atoms with Crippen molar-refractivity contribution in [1.29, 1.82) is 0 Å². The molecular weight excluding hydrogens is 296 g/mol. The second-order valence-corrected chi connectivity index (χ2v) is 7.14. The molecule has 1 aliphatic heterocycles. The smallest absolute Gasteiger partial charge is 0.319 e. The SMILES string of the molecule is O=C(Nc1ccsc1Cl)NC1CCCC12CCOCC2. The molecule has 1 aromatic heterocycles. The Morgan fingerprint density at radius 1 is 1.40 bits per heavy atom. The zero-order chi connectivity index (χ0) is 14.0. The summed E-state index contributed by atoms with van der Waals surface area (Å²) in [5.74, 6) is 0. The molecule has 2 amide bonds. The lowest BCUT2D eigenvalue weighted by Gasteiger charge is -2.39. The van der Waals surface area contributed by atoms with Crippen molar-refractivity contribution in [2.75, 3.05) is 18.5 Å². The standard InChI is InChI=1S/C14H19ClN2O2S/c15-12-10(3-9-20-12)16-13(18)17-11-2-1-4-14(11)5-7-19-8-6-14/h3,9,11H,1-2,4-8H2,(H2,16,17,18). The van der Waals surface area contributed by atoms with Crippen molar-refractivity contribution in [2.45, 2.75) is 38.1 Å². The first-order valence-electron chi connectivity index (χ1n) is 7.08. The molecule has 20 heavy (non-hydrogen) atoms. The molecule has 1 atom stereocenters. The highest BCUT2D eigenvalue weighted by molar-refractivity contribution is 7.15. The summed E-state index contributed by atoms with van der Waals surface area (Å²) >= 11 is 7.42. The highest BCUT2D eigenvalue weighted by Gasteiger charge is 2.44. The van der Waals surface area contributed by atoms with Crippen molar-refractivity contribution in [2.24, 2.45) is 5.41 Å². The van der Waals surface area contributed by atoms with E-state index < -0.39 is 0 Å². The first-order valence-corrected chi connectivity index (χ1v) is 8.34. The molecule has 6 heteroatoms. The van der Waals surface area contributed by atoms with Crippen LogP contribution in [0.1, 0.15) is 32.1 Å². The third kappa shape index (κ3) is 2.80. The Bertz CT molecular complexity index is 485. The lowest BCUT2D eigenvalue weighted by molar-refractivity contribution is 0.00652. The monoisotopic (exact) mass is 314 g/mol. The Morgan fingerprint density at radius 2 is 2.20 bits per heavy atom. The summed E-state index contributed by atoms with van der Waals surface area (Å²) in [4.78, 5) is 12.1. The zero-order valence-electron chi connectivity index (χ0n) is 11.3. The van der Waals surface area contributed by atoms with E-state index in [0.717, 1.165) is 32.5 Å². The van der Waals surface area contributed by atoms with E-state index in [1.54, 1.807) is 0 Å². The number of hydrogen-bond donors (Lipinski definition) is 2. The number of anilines is 1. The molecule has 0 radical (unpaired) electrons. The molecular formula is C14H19ClN2O2S. The molecule has 110 valence electrons. The topological polar surface area (TPSA) is 50.4 Å². The summed E-state index contributed by atoms with van der Waals surface area (Å²) in [7, 11) is 0. The van der Waals surface area contributed by atoms with Gasteiger partial charge in [-0.25, -0.2) is 4.79 Å². The number of amides is 2. The Morgan fingerprint density at radius 3 is 2.90 bits per heavy atom. The molecule has 3 rings (SSSR count). The number of carbonyl (C=O) groups excluding carboxylic acids is 1. The largest absolute Gasteiger partial charge is 0.381 e. The van der Waals surface area contributed by atoms with Gasteiger partial charge in [-0.3, -0.25) is 0 Å². The lowest BCUT2D eigenvalue weighted by Crippen LogP contribution is -2.48. The van der Waals surface area contributed by atoms with Gasteiger partial charge in [-0.15, -0.1) is 11.3 Å². The molecule has 0 bridgehead atoms. The number of urea groups is 1. The van der Waals surface area contributed by atoms with Crippen molar-refractivity contribution in [3.05, 3.63) is 15.8 Å². The molecule has 2 N–H and O–H groups in total. The Hall–Kier alpha value is -0.780. The van der Waals surface area contributed by atoms with Crippen LogP contribution in [-0.4, -0.2) is 25.3 Å². The van der Waals surface area contributed by atoms with E-state index in [9.17, 15) is 4.79 Å².